The minimum atomic E-state index is -5.29. The van der Waals surface area contributed by atoms with E-state index in [0.717, 1.165) is 0 Å². The molecule has 2 aromatic heterocycles. The molecule has 5 N–H and O–H groups in total. The summed E-state index contributed by atoms with van der Waals surface area (Å²) in [6.45, 7) is 6.02. The molecular formula is C35H44N8O14P2. The van der Waals surface area contributed by atoms with Gasteiger partial charge in [0, 0.05) is 31.4 Å². The van der Waals surface area contributed by atoms with Crippen LogP contribution >= 0.6 is 15.6 Å². The van der Waals surface area contributed by atoms with Crippen LogP contribution in [0.3, 0.4) is 0 Å². The number of fused-ring (bicyclic) bond motifs is 3. The molecule has 318 valence electrons. The summed E-state index contributed by atoms with van der Waals surface area (Å²) in [5, 5.41) is 11.6. The van der Waals surface area contributed by atoms with Crippen molar-refractivity contribution in [3.05, 3.63) is 48.0 Å². The number of carbonyl (C=O) groups excluding carboxylic acids is 1. The number of rotatable bonds is 17. The topological polar surface area (TPSA) is 281 Å². The SMILES string of the molecule is C#CCCC1(CCNc2ncnc3c2ncn3[C@H]2O[C@@H](COP(=O)(O)OP(=O)(O)OC[C@H]3O[C@@H](c4cccc(C(N)=O)c4)[C@H]4OC(C)(C)OC34)[C@H]3OC(C)(C)OC32)N=N1. The molecule has 0 bridgehead atoms. The first-order valence-electron chi connectivity index (χ1n) is 18.7. The van der Waals surface area contributed by atoms with Crippen LogP contribution in [0.25, 0.3) is 11.2 Å². The van der Waals surface area contributed by atoms with Crippen molar-refractivity contribution in [2.75, 3.05) is 25.1 Å². The molecule has 22 nitrogen and oxygen atoms in total. The van der Waals surface area contributed by atoms with Crippen molar-refractivity contribution in [1.29, 1.82) is 0 Å². The molecular weight excluding hydrogens is 818 g/mol. The number of nitrogens with two attached hydrogens (primary N) is 1. The summed E-state index contributed by atoms with van der Waals surface area (Å²) in [7, 11) is -10.6. The third-order valence-corrected chi connectivity index (χ3v) is 12.9. The number of aromatic nitrogens is 4. The Morgan fingerprint density at radius 3 is 2.24 bits per heavy atom. The average Bonchev–Trinajstić information content (AvgIpc) is 3.47. The summed E-state index contributed by atoms with van der Waals surface area (Å²) >= 11 is 0. The van der Waals surface area contributed by atoms with Gasteiger partial charge in [-0.2, -0.15) is 14.5 Å². The fourth-order valence-corrected chi connectivity index (χ4v) is 9.79. The van der Waals surface area contributed by atoms with Gasteiger partial charge in [-0.05, 0) is 45.4 Å². The maximum Gasteiger partial charge on any atom is 0.481 e. The first-order valence-corrected chi connectivity index (χ1v) is 21.7. The van der Waals surface area contributed by atoms with Crippen LogP contribution in [-0.4, -0.2) is 109 Å². The van der Waals surface area contributed by atoms with Gasteiger partial charge in [-0.3, -0.25) is 18.4 Å². The Balaban J connectivity index is 0.898. The first kappa shape index (κ1) is 41.9. The van der Waals surface area contributed by atoms with Crippen molar-refractivity contribution in [3.8, 4) is 12.3 Å². The molecule has 1 aromatic carbocycles. The van der Waals surface area contributed by atoms with Gasteiger partial charge in [-0.25, -0.2) is 24.1 Å². The van der Waals surface area contributed by atoms with Crippen LogP contribution in [0.5, 0.6) is 0 Å². The fourth-order valence-electron chi connectivity index (χ4n) is 7.70. The smallest absolute Gasteiger partial charge is 0.368 e. The number of nitrogens with one attached hydrogen (secondary N) is 1. The van der Waals surface area contributed by atoms with Crippen molar-refractivity contribution < 1.29 is 65.5 Å². The predicted octanol–water partition coefficient (Wildman–Crippen LogP) is 3.63. The minimum Gasteiger partial charge on any atom is -0.368 e. The van der Waals surface area contributed by atoms with E-state index in [-0.39, 0.29) is 5.56 Å². The lowest BCUT2D eigenvalue weighted by Crippen LogP contribution is -2.33. The molecule has 0 radical (unpaired) electrons. The van der Waals surface area contributed by atoms with Gasteiger partial charge >= 0.3 is 15.6 Å². The van der Waals surface area contributed by atoms with Crippen LogP contribution in [0.15, 0.2) is 47.1 Å². The summed E-state index contributed by atoms with van der Waals surface area (Å²) in [4.78, 5) is 46.3. The number of anilines is 1. The molecule has 8 rings (SSSR count). The molecule has 4 fully saturated rings. The van der Waals surface area contributed by atoms with Crippen LogP contribution in [0.4, 0.5) is 5.82 Å². The zero-order chi connectivity index (χ0) is 42.0. The zero-order valence-electron chi connectivity index (χ0n) is 32.4. The number of benzene rings is 1. The monoisotopic (exact) mass is 862 g/mol. The normalized spacial score (nSPS) is 31.6. The number of hydrogen-bond donors (Lipinski definition) is 4. The van der Waals surface area contributed by atoms with Gasteiger partial charge in [0.2, 0.25) is 5.91 Å². The van der Waals surface area contributed by atoms with Gasteiger partial charge in [0.1, 0.15) is 49.1 Å². The lowest BCUT2D eigenvalue weighted by Gasteiger charge is -2.25. The second-order valence-corrected chi connectivity index (χ2v) is 18.5. The summed E-state index contributed by atoms with van der Waals surface area (Å²) in [6, 6.07) is 6.43. The molecule has 1 amide bonds. The molecule has 4 unspecified atom stereocenters. The number of ether oxygens (including phenoxy) is 6. The van der Waals surface area contributed by atoms with Crippen LogP contribution < -0.4 is 11.1 Å². The Morgan fingerprint density at radius 1 is 0.932 bits per heavy atom. The number of primary amides is 1. The van der Waals surface area contributed by atoms with Crippen LogP contribution in [0.2, 0.25) is 0 Å². The number of phosphoric ester groups is 2. The van der Waals surface area contributed by atoms with Crippen molar-refractivity contribution in [2.24, 2.45) is 16.0 Å². The molecule has 0 spiro atoms. The number of amides is 1. The Bertz CT molecular complexity index is 2260. The van der Waals surface area contributed by atoms with Crippen molar-refractivity contribution in [2.45, 2.75) is 113 Å². The Labute approximate surface area is 337 Å². The van der Waals surface area contributed by atoms with Crippen LogP contribution in [-0.2, 0) is 50.9 Å². The van der Waals surface area contributed by atoms with E-state index in [1.165, 1.54) is 12.7 Å². The number of nitrogens with zero attached hydrogens (tertiary/aromatic N) is 6. The molecule has 10 atom stereocenters. The van der Waals surface area contributed by atoms with Gasteiger partial charge in [-0.15, -0.1) is 12.3 Å². The second kappa shape index (κ2) is 15.6. The summed E-state index contributed by atoms with van der Waals surface area (Å²) in [5.74, 6) is 0.306. The van der Waals surface area contributed by atoms with Gasteiger partial charge in [0.15, 0.2) is 40.4 Å². The number of imidazole rings is 1. The maximum atomic E-state index is 13.1. The van der Waals surface area contributed by atoms with Crippen LogP contribution in [0.1, 0.15) is 75.2 Å². The summed E-state index contributed by atoms with van der Waals surface area (Å²) < 4.78 is 79.5. The standard InChI is InChI=1S/C35H44N8O14P2/c1-6-7-11-35(41-42-35)12-13-37-30-23-31(39-17-38-30)43(18-40-23)32-28-26(54-34(4,5)56-28)22(52-32)16-50-59(47,48)57-58(45,46)49-15-21-25-27(55-33(2,3)53-25)24(51-21)19-9-8-10-20(14-19)29(36)44/h1,8-10,14,17-18,21-22,24-28,32H,7,11-13,15-16H2,2-5H3,(H2,36,44)(H,45,46)(H,47,48)(H,37,38,39)/t21-,22+,24+,25?,26-,27-,28?,32+/m1/s1. The number of terminal acetylenes is 1. The van der Waals surface area contributed by atoms with E-state index in [2.05, 4.69) is 40.7 Å². The van der Waals surface area contributed by atoms with E-state index >= 15 is 0 Å². The predicted molar refractivity (Wildman–Crippen MR) is 201 cm³/mol. The highest BCUT2D eigenvalue weighted by Crippen LogP contribution is 2.61. The molecule has 24 heteroatoms. The van der Waals surface area contributed by atoms with Crippen molar-refractivity contribution >= 4 is 38.5 Å². The maximum absolute atomic E-state index is 13.1. The third-order valence-electron chi connectivity index (χ3n) is 10.3. The quantitative estimate of drug-likeness (QED) is 0.111. The Kier molecular flexibility index (Phi) is 11.1. The number of carbonyl (C=O) groups is 1. The summed E-state index contributed by atoms with van der Waals surface area (Å²) in [5.41, 5.74) is 6.61. The average molecular weight is 863 g/mol. The van der Waals surface area contributed by atoms with Gasteiger partial charge < -0.3 is 49.3 Å². The van der Waals surface area contributed by atoms with E-state index in [1.54, 1.807) is 56.5 Å². The Morgan fingerprint density at radius 2 is 1.58 bits per heavy atom. The van der Waals surface area contributed by atoms with Gasteiger partial charge in [-0.1, -0.05) is 12.1 Å². The third kappa shape index (κ3) is 8.99. The lowest BCUT2D eigenvalue weighted by molar-refractivity contribution is -0.199. The highest BCUT2D eigenvalue weighted by molar-refractivity contribution is 7.61. The largest absolute Gasteiger partial charge is 0.481 e. The van der Waals surface area contributed by atoms with Crippen molar-refractivity contribution in [1.82, 2.24) is 19.5 Å². The first-order chi connectivity index (χ1) is 27.9. The van der Waals surface area contributed by atoms with Crippen LogP contribution in [0, 0.1) is 12.3 Å². The molecule has 7 heterocycles. The molecule has 5 aliphatic rings. The number of hydrogen-bond acceptors (Lipinski definition) is 18. The highest BCUT2D eigenvalue weighted by atomic mass is 31.3. The highest BCUT2D eigenvalue weighted by Gasteiger charge is 2.58. The Hall–Kier alpha value is -3.78. The zero-order valence-corrected chi connectivity index (χ0v) is 34.1. The fraction of sp³-hybridized carbons (Fsp3) is 0.600. The molecule has 3 aromatic rings. The van der Waals surface area contributed by atoms with Gasteiger partial charge in [0.25, 0.3) is 0 Å². The molecule has 59 heavy (non-hydrogen) atoms. The molecule has 4 saturated heterocycles. The molecule has 5 aliphatic heterocycles. The lowest BCUT2D eigenvalue weighted by atomic mass is 10.00. The molecule has 0 aliphatic carbocycles. The van der Waals surface area contributed by atoms with Gasteiger partial charge in [0.05, 0.1) is 19.5 Å². The van der Waals surface area contributed by atoms with E-state index in [4.69, 9.17) is 49.6 Å². The van der Waals surface area contributed by atoms with E-state index in [1.807, 2.05) is 0 Å². The summed E-state index contributed by atoms with van der Waals surface area (Å²) in [6.07, 6.45) is 3.34. The van der Waals surface area contributed by atoms with Crippen molar-refractivity contribution in [3.63, 3.8) is 0 Å². The second-order valence-electron chi connectivity index (χ2n) is 15.5. The van der Waals surface area contributed by atoms with E-state index in [9.17, 15) is 23.7 Å². The molecule has 0 saturated carbocycles. The van der Waals surface area contributed by atoms with E-state index < -0.39 is 101 Å². The minimum absolute atomic E-state index is 0.240. The van der Waals surface area contributed by atoms with E-state index in [0.29, 0.717) is 48.4 Å². The number of phosphoric acid groups is 2.